The van der Waals surface area contributed by atoms with Gasteiger partial charge in [-0.15, -0.1) is 5.10 Å². The van der Waals surface area contributed by atoms with Gasteiger partial charge in [0.2, 0.25) is 0 Å². The molecule has 1 heterocycles. The molecule has 1 aromatic heterocycles. The van der Waals surface area contributed by atoms with E-state index in [2.05, 4.69) is 22.3 Å². The van der Waals surface area contributed by atoms with Crippen LogP contribution < -0.4 is 0 Å². The number of aryl methyl sites for hydroxylation is 1. The molecule has 0 aliphatic rings. The van der Waals surface area contributed by atoms with E-state index >= 15 is 0 Å². The molecule has 14 heavy (non-hydrogen) atoms. The van der Waals surface area contributed by atoms with Crippen LogP contribution in [-0.2, 0) is 6.42 Å². The van der Waals surface area contributed by atoms with E-state index in [1.807, 2.05) is 6.07 Å². The number of nitrogens with zero attached hydrogens (tertiary/aromatic N) is 3. The Hall–Kier alpha value is -1.37. The van der Waals surface area contributed by atoms with Gasteiger partial charge in [-0.2, -0.15) is 5.26 Å². The summed E-state index contributed by atoms with van der Waals surface area (Å²) >= 11 is 0. The Morgan fingerprint density at radius 2 is 2.07 bits per heavy atom. The van der Waals surface area contributed by atoms with Crippen molar-refractivity contribution in [3.63, 3.8) is 0 Å². The maximum atomic E-state index is 8.69. The Morgan fingerprint density at radius 3 is 2.79 bits per heavy atom. The van der Waals surface area contributed by atoms with Crippen molar-refractivity contribution in [2.24, 2.45) is 0 Å². The highest BCUT2D eigenvalue weighted by Crippen LogP contribution is 2.08. The summed E-state index contributed by atoms with van der Waals surface area (Å²) in [6, 6.07) is 2.05. The summed E-state index contributed by atoms with van der Waals surface area (Å²) in [7, 11) is 0. The molecule has 4 heteroatoms. The first kappa shape index (κ1) is 10.7. The van der Waals surface area contributed by atoms with Gasteiger partial charge in [0.05, 0.1) is 0 Å². The summed E-state index contributed by atoms with van der Waals surface area (Å²) in [4.78, 5) is 0. The lowest BCUT2D eigenvalue weighted by Crippen LogP contribution is -1.90. The van der Waals surface area contributed by atoms with Gasteiger partial charge in [-0.25, -0.2) is 5.10 Å². The topological polar surface area (TPSA) is 65.4 Å². The van der Waals surface area contributed by atoms with E-state index in [0.717, 1.165) is 18.5 Å². The van der Waals surface area contributed by atoms with E-state index < -0.39 is 0 Å². The smallest absolute Gasteiger partial charge is 0.158 e. The van der Waals surface area contributed by atoms with Crippen LogP contribution in [-0.4, -0.2) is 15.4 Å². The monoisotopic (exact) mass is 192 g/mol. The molecular weight excluding hydrogens is 176 g/mol. The molecule has 0 aliphatic heterocycles. The van der Waals surface area contributed by atoms with Crippen LogP contribution in [0.4, 0.5) is 0 Å². The summed E-state index contributed by atoms with van der Waals surface area (Å²) < 4.78 is 0. The largest absolute Gasteiger partial charge is 0.247 e. The second-order valence-corrected chi connectivity index (χ2v) is 3.41. The highest BCUT2D eigenvalue weighted by molar-refractivity contribution is 5.23. The van der Waals surface area contributed by atoms with Gasteiger partial charge in [0.25, 0.3) is 0 Å². The zero-order valence-electron chi connectivity index (χ0n) is 8.58. The molecule has 0 fully saturated rings. The van der Waals surface area contributed by atoms with E-state index in [1.54, 1.807) is 0 Å². The number of hydrogen-bond acceptors (Lipinski definition) is 3. The summed E-state index contributed by atoms with van der Waals surface area (Å²) in [5.41, 5.74) is 1.32. The van der Waals surface area contributed by atoms with Crippen molar-refractivity contribution in [2.75, 3.05) is 0 Å². The second kappa shape index (κ2) is 6.14. The van der Waals surface area contributed by atoms with Crippen molar-refractivity contribution in [2.45, 2.75) is 45.4 Å². The van der Waals surface area contributed by atoms with Crippen molar-refractivity contribution >= 4 is 0 Å². The van der Waals surface area contributed by atoms with Crippen molar-refractivity contribution in [1.82, 2.24) is 15.4 Å². The molecule has 0 spiro atoms. The number of nitriles is 1. The molecule has 0 aliphatic carbocycles. The standard InChI is InChI=1S/C10H16N4/c1-2-3-4-5-6-7-9-10(8-11)13-14-12-9/h2-7H2,1H3,(H,12,13,14). The number of aromatic nitrogens is 3. The fraction of sp³-hybridized carbons (Fsp3) is 0.700. The first-order chi connectivity index (χ1) is 6.88. The molecule has 0 radical (unpaired) electrons. The van der Waals surface area contributed by atoms with Gasteiger partial charge in [-0.05, 0) is 12.8 Å². The van der Waals surface area contributed by atoms with Crippen molar-refractivity contribution in [3.8, 4) is 6.07 Å². The normalized spacial score (nSPS) is 10.0. The Labute approximate surface area is 84.3 Å². The third-order valence-electron chi connectivity index (χ3n) is 2.25. The Morgan fingerprint density at radius 1 is 1.29 bits per heavy atom. The van der Waals surface area contributed by atoms with Crippen LogP contribution in [0.15, 0.2) is 0 Å². The van der Waals surface area contributed by atoms with Gasteiger partial charge in [0.1, 0.15) is 11.8 Å². The fourth-order valence-electron chi connectivity index (χ4n) is 1.41. The molecule has 0 amide bonds. The third kappa shape index (κ3) is 3.17. The minimum Gasteiger partial charge on any atom is -0.247 e. The van der Waals surface area contributed by atoms with Gasteiger partial charge in [0.15, 0.2) is 5.69 Å². The van der Waals surface area contributed by atoms with Crippen LogP contribution in [0.1, 0.15) is 50.4 Å². The maximum absolute atomic E-state index is 8.69. The zero-order chi connectivity index (χ0) is 10.2. The van der Waals surface area contributed by atoms with Gasteiger partial charge >= 0.3 is 0 Å². The predicted octanol–water partition coefficient (Wildman–Crippen LogP) is 2.19. The molecule has 0 atom stereocenters. The summed E-state index contributed by atoms with van der Waals surface area (Å²) in [6.07, 6.45) is 7.00. The van der Waals surface area contributed by atoms with Crippen molar-refractivity contribution in [3.05, 3.63) is 11.4 Å². The SMILES string of the molecule is CCCCCCCc1nn[nH]c1C#N. The number of H-pyrrole nitrogens is 1. The summed E-state index contributed by atoms with van der Waals surface area (Å²) in [5, 5.41) is 18.8. The van der Waals surface area contributed by atoms with E-state index in [9.17, 15) is 0 Å². The lowest BCUT2D eigenvalue weighted by Gasteiger charge is -1.97. The average molecular weight is 192 g/mol. The van der Waals surface area contributed by atoms with Gasteiger partial charge in [-0.3, -0.25) is 0 Å². The Balaban J connectivity index is 2.22. The zero-order valence-corrected chi connectivity index (χ0v) is 8.58. The van der Waals surface area contributed by atoms with E-state index in [4.69, 9.17) is 5.26 Å². The molecule has 1 N–H and O–H groups in total. The number of rotatable bonds is 6. The Bertz CT molecular complexity index is 297. The van der Waals surface area contributed by atoms with E-state index in [-0.39, 0.29) is 0 Å². The van der Waals surface area contributed by atoms with Gasteiger partial charge < -0.3 is 0 Å². The molecule has 0 saturated carbocycles. The first-order valence-electron chi connectivity index (χ1n) is 5.18. The minimum absolute atomic E-state index is 0.514. The van der Waals surface area contributed by atoms with Crippen LogP contribution in [0.2, 0.25) is 0 Å². The molecule has 4 nitrogen and oxygen atoms in total. The highest BCUT2D eigenvalue weighted by atomic mass is 15.3. The molecule has 0 aromatic carbocycles. The van der Waals surface area contributed by atoms with Crippen LogP contribution in [0.3, 0.4) is 0 Å². The van der Waals surface area contributed by atoms with Crippen molar-refractivity contribution in [1.29, 1.82) is 5.26 Å². The van der Waals surface area contributed by atoms with Crippen molar-refractivity contribution < 1.29 is 0 Å². The van der Waals surface area contributed by atoms with E-state index in [1.165, 1.54) is 25.7 Å². The molecule has 1 rings (SSSR count). The van der Waals surface area contributed by atoms with Crippen LogP contribution in [0.25, 0.3) is 0 Å². The molecule has 1 aromatic rings. The molecule has 0 unspecified atom stereocenters. The van der Waals surface area contributed by atoms with E-state index in [0.29, 0.717) is 5.69 Å². The van der Waals surface area contributed by atoms with Crippen LogP contribution in [0, 0.1) is 11.3 Å². The van der Waals surface area contributed by atoms with Gasteiger partial charge in [-0.1, -0.05) is 37.8 Å². The minimum atomic E-state index is 0.514. The number of nitrogens with one attached hydrogen (secondary N) is 1. The average Bonchev–Trinajstić information content (AvgIpc) is 2.65. The maximum Gasteiger partial charge on any atom is 0.158 e. The lowest BCUT2D eigenvalue weighted by molar-refractivity contribution is 0.627. The third-order valence-corrected chi connectivity index (χ3v) is 2.25. The van der Waals surface area contributed by atoms with Gasteiger partial charge in [0, 0.05) is 0 Å². The second-order valence-electron chi connectivity index (χ2n) is 3.41. The quantitative estimate of drug-likeness (QED) is 0.702. The predicted molar refractivity (Wildman–Crippen MR) is 53.6 cm³/mol. The summed E-state index contributed by atoms with van der Waals surface area (Å²) in [5.74, 6) is 0. The van der Waals surface area contributed by atoms with Crippen LogP contribution >= 0.6 is 0 Å². The Kier molecular flexibility index (Phi) is 4.70. The number of hydrogen-bond donors (Lipinski definition) is 1. The first-order valence-corrected chi connectivity index (χ1v) is 5.18. The summed E-state index contributed by atoms with van der Waals surface area (Å²) in [6.45, 7) is 2.20. The fourth-order valence-corrected chi connectivity index (χ4v) is 1.41. The highest BCUT2D eigenvalue weighted by Gasteiger charge is 2.04. The molecule has 76 valence electrons. The number of aromatic amines is 1. The lowest BCUT2D eigenvalue weighted by atomic mass is 10.1. The molecule has 0 bridgehead atoms. The van der Waals surface area contributed by atoms with Crippen LogP contribution in [0.5, 0.6) is 0 Å². The number of unbranched alkanes of at least 4 members (excludes halogenated alkanes) is 4. The molecular formula is C10H16N4. The molecule has 0 saturated heterocycles.